The highest BCUT2D eigenvalue weighted by Crippen LogP contribution is 2.03. The van der Waals surface area contributed by atoms with Crippen LogP contribution < -0.4 is 5.32 Å². The Morgan fingerprint density at radius 1 is 1.42 bits per heavy atom. The quantitative estimate of drug-likeness (QED) is 0.611. The van der Waals surface area contributed by atoms with Gasteiger partial charge in [0.05, 0.1) is 26.2 Å². The second-order valence-corrected chi connectivity index (χ2v) is 3.70. The Hall–Kier alpha value is -1.93. The predicted octanol–water partition coefficient (Wildman–Crippen LogP) is -0.0407. The molecule has 19 heavy (non-hydrogen) atoms. The van der Waals surface area contributed by atoms with E-state index in [1.54, 1.807) is 7.11 Å². The van der Waals surface area contributed by atoms with Crippen molar-refractivity contribution in [3.63, 3.8) is 0 Å². The van der Waals surface area contributed by atoms with Crippen LogP contribution in [0.25, 0.3) is 0 Å². The van der Waals surface area contributed by atoms with Gasteiger partial charge in [0.15, 0.2) is 5.82 Å². The van der Waals surface area contributed by atoms with Gasteiger partial charge in [-0.2, -0.15) is 5.10 Å². The molecule has 0 aliphatic rings. The molecule has 1 heterocycles. The number of aromatic nitrogens is 2. The first kappa shape index (κ1) is 15.1. The molecule has 1 amide bonds. The van der Waals surface area contributed by atoms with Crippen LogP contribution in [0.5, 0.6) is 0 Å². The SMILES string of the molecule is COCCOCCC(=O)Nc1ccn(CC(=O)O)n1. The van der Waals surface area contributed by atoms with Crippen LogP contribution in [-0.2, 0) is 25.6 Å². The van der Waals surface area contributed by atoms with Gasteiger partial charge in [0, 0.05) is 19.4 Å². The third kappa shape index (κ3) is 6.53. The van der Waals surface area contributed by atoms with Crippen molar-refractivity contribution in [2.75, 3.05) is 32.2 Å². The van der Waals surface area contributed by atoms with Crippen molar-refractivity contribution in [1.82, 2.24) is 9.78 Å². The van der Waals surface area contributed by atoms with Crippen LogP contribution in [0.3, 0.4) is 0 Å². The van der Waals surface area contributed by atoms with Gasteiger partial charge in [0.25, 0.3) is 0 Å². The van der Waals surface area contributed by atoms with E-state index in [9.17, 15) is 9.59 Å². The zero-order valence-electron chi connectivity index (χ0n) is 10.7. The van der Waals surface area contributed by atoms with Crippen LogP contribution in [0, 0.1) is 0 Å². The molecular formula is C11H17N3O5. The Balaban J connectivity index is 2.24. The van der Waals surface area contributed by atoms with Gasteiger partial charge in [-0.1, -0.05) is 0 Å². The smallest absolute Gasteiger partial charge is 0.325 e. The lowest BCUT2D eigenvalue weighted by Gasteiger charge is -2.03. The number of hydrogen-bond acceptors (Lipinski definition) is 5. The van der Waals surface area contributed by atoms with Gasteiger partial charge in [0.2, 0.25) is 5.91 Å². The number of nitrogens with zero attached hydrogens (tertiary/aromatic N) is 2. The number of nitrogens with one attached hydrogen (secondary N) is 1. The third-order valence-electron chi connectivity index (χ3n) is 2.11. The van der Waals surface area contributed by atoms with Crippen LogP contribution in [0.1, 0.15) is 6.42 Å². The van der Waals surface area contributed by atoms with Crippen LogP contribution in [0.4, 0.5) is 5.82 Å². The molecule has 0 aliphatic heterocycles. The topological polar surface area (TPSA) is 103 Å². The lowest BCUT2D eigenvalue weighted by Crippen LogP contribution is -2.16. The molecular weight excluding hydrogens is 254 g/mol. The van der Waals surface area contributed by atoms with Crippen LogP contribution in [-0.4, -0.2) is 53.7 Å². The lowest BCUT2D eigenvalue weighted by molar-refractivity contribution is -0.137. The predicted molar refractivity (Wildman–Crippen MR) is 65.8 cm³/mol. The van der Waals surface area contributed by atoms with Crippen molar-refractivity contribution >= 4 is 17.7 Å². The van der Waals surface area contributed by atoms with Crippen LogP contribution in [0.2, 0.25) is 0 Å². The van der Waals surface area contributed by atoms with Gasteiger partial charge < -0.3 is 19.9 Å². The Morgan fingerprint density at radius 3 is 2.89 bits per heavy atom. The summed E-state index contributed by atoms with van der Waals surface area (Å²) < 4.78 is 11.2. The van der Waals surface area contributed by atoms with Gasteiger partial charge >= 0.3 is 5.97 Å². The molecule has 106 valence electrons. The standard InChI is InChI=1S/C11H17N3O5/c1-18-6-7-19-5-3-10(15)12-9-2-4-14(13-9)8-11(16)17/h2,4H,3,5-8H2,1H3,(H,16,17)(H,12,13,15). The average Bonchev–Trinajstić information content (AvgIpc) is 2.75. The second-order valence-electron chi connectivity index (χ2n) is 3.70. The van der Waals surface area contributed by atoms with Gasteiger partial charge in [-0.05, 0) is 0 Å². The highest BCUT2D eigenvalue weighted by Gasteiger charge is 2.06. The maximum Gasteiger partial charge on any atom is 0.325 e. The van der Waals surface area contributed by atoms with E-state index in [4.69, 9.17) is 14.6 Å². The molecule has 0 saturated heterocycles. The number of ether oxygens (including phenoxy) is 2. The zero-order chi connectivity index (χ0) is 14.1. The van der Waals surface area contributed by atoms with Crippen molar-refractivity contribution in [2.24, 2.45) is 0 Å². The third-order valence-corrected chi connectivity index (χ3v) is 2.11. The van der Waals surface area contributed by atoms with Gasteiger partial charge in [-0.25, -0.2) is 0 Å². The minimum Gasteiger partial charge on any atom is -0.480 e. The number of hydrogen-bond donors (Lipinski definition) is 2. The number of rotatable bonds is 9. The minimum atomic E-state index is -0.993. The molecule has 0 bridgehead atoms. The Morgan fingerprint density at radius 2 is 2.21 bits per heavy atom. The molecule has 1 aromatic heterocycles. The number of amides is 1. The van der Waals surface area contributed by atoms with Crippen molar-refractivity contribution in [3.05, 3.63) is 12.3 Å². The summed E-state index contributed by atoms with van der Waals surface area (Å²) in [5.74, 6) is -0.909. The van der Waals surface area contributed by atoms with Gasteiger partial charge in [-0.15, -0.1) is 0 Å². The average molecular weight is 271 g/mol. The summed E-state index contributed by atoms with van der Waals surface area (Å²) in [4.78, 5) is 21.9. The fraction of sp³-hybridized carbons (Fsp3) is 0.545. The zero-order valence-corrected chi connectivity index (χ0v) is 10.7. The van der Waals surface area contributed by atoms with E-state index in [0.717, 1.165) is 0 Å². The molecule has 8 nitrogen and oxygen atoms in total. The van der Waals surface area contributed by atoms with Crippen molar-refractivity contribution < 1.29 is 24.2 Å². The highest BCUT2D eigenvalue weighted by molar-refractivity contribution is 5.89. The number of carboxylic acids is 1. The number of carbonyl (C=O) groups is 2. The van der Waals surface area contributed by atoms with E-state index < -0.39 is 5.97 Å². The Bertz CT molecular complexity index is 418. The first-order valence-electron chi connectivity index (χ1n) is 5.73. The van der Waals surface area contributed by atoms with Gasteiger partial charge in [0.1, 0.15) is 6.54 Å². The van der Waals surface area contributed by atoms with Crippen LogP contribution in [0.15, 0.2) is 12.3 Å². The van der Waals surface area contributed by atoms with Crippen molar-refractivity contribution in [2.45, 2.75) is 13.0 Å². The summed E-state index contributed by atoms with van der Waals surface area (Å²) in [5, 5.41) is 15.0. The first-order chi connectivity index (χ1) is 9.11. The lowest BCUT2D eigenvalue weighted by atomic mass is 10.4. The van der Waals surface area contributed by atoms with Crippen molar-refractivity contribution in [3.8, 4) is 0 Å². The van der Waals surface area contributed by atoms with Crippen molar-refractivity contribution in [1.29, 1.82) is 0 Å². The Labute approximate surface area is 110 Å². The fourth-order valence-corrected chi connectivity index (χ4v) is 1.27. The number of anilines is 1. The van der Waals surface area contributed by atoms with E-state index in [1.165, 1.54) is 16.9 Å². The summed E-state index contributed by atoms with van der Waals surface area (Å²) in [6, 6.07) is 1.53. The molecule has 0 aliphatic carbocycles. The van der Waals surface area contributed by atoms with E-state index >= 15 is 0 Å². The molecule has 0 saturated carbocycles. The highest BCUT2D eigenvalue weighted by atomic mass is 16.5. The number of methoxy groups -OCH3 is 1. The molecule has 0 fully saturated rings. The molecule has 1 rings (SSSR count). The number of carbonyl (C=O) groups excluding carboxylic acids is 1. The number of carboxylic acid groups (broad SMARTS) is 1. The van der Waals surface area contributed by atoms with E-state index in [-0.39, 0.29) is 18.9 Å². The molecule has 0 aromatic carbocycles. The maximum atomic E-state index is 11.5. The molecule has 2 N–H and O–H groups in total. The molecule has 0 unspecified atom stereocenters. The second kappa shape index (κ2) is 8.22. The van der Waals surface area contributed by atoms with E-state index in [0.29, 0.717) is 25.6 Å². The molecule has 8 heteroatoms. The normalized spacial score (nSPS) is 10.4. The molecule has 1 aromatic rings. The monoisotopic (exact) mass is 271 g/mol. The minimum absolute atomic E-state index is 0.204. The first-order valence-corrected chi connectivity index (χ1v) is 5.73. The van der Waals surface area contributed by atoms with Gasteiger partial charge in [-0.3, -0.25) is 14.3 Å². The summed E-state index contributed by atoms with van der Waals surface area (Å²) in [6.45, 7) is 0.985. The van der Waals surface area contributed by atoms with E-state index in [2.05, 4.69) is 10.4 Å². The number of aliphatic carboxylic acids is 1. The van der Waals surface area contributed by atoms with E-state index in [1.807, 2.05) is 0 Å². The summed E-state index contributed by atoms with van der Waals surface area (Å²) >= 11 is 0. The Kier molecular flexibility index (Phi) is 6.55. The fourth-order valence-electron chi connectivity index (χ4n) is 1.27. The summed E-state index contributed by atoms with van der Waals surface area (Å²) in [7, 11) is 1.57. The molecule has 0 spiro atoms. The summed E-state index contributed by atoms with van der Waals surface area (Å²) in [5.41, 5.74) is 0. The maximum absolute atomic E-state index is 11.5. The largest absolute Gasteiger partial charge is 0.480 e. The molecule has 0 atom stereocenters. The summed E-state index contributed by atoms with van der Waals surface area (Å²) in [6.07, 6.45) is 1.69. The molecule has 0 radical (unpaired) electrons. The van der Waals surface area contributed by atoms with Crippen LogP contribution >= 0.6 is 0 Å².